The van der Waals surface area contributed by atoms with E-state index in [1.54, 1.807) is 11.9 Å². The van der Waals surface area contributed by atoms with Crippen LogP contribution in [0.4, 0.5) is 11.4 Å². The molecule has 0 saturated heterocycles. The van der Waals surface area contributed by atoms with Crippen LogP contribution in [0.2, 0.25) is 0 Å². The van der Waals surface area contributed by atoms with Crippen LogP contribution in [-0.4, -0.2) is 23.3 Å². The Kier molecular flexibility index (Phi) is 4.36. The lowest BCUT2D eigenvalue weighted by molar-refractivity contribution is -0.123. The van der Waals surface area contributed by atoms with Gasteiger partial charge in [-0.1, -0.05) is 36.4 Å². The molecular weight excluding hydrogens is 424 g/mol. The van der Waals surface area contributed by atoms with Gasteiger partial charge >= 0.3 is 0 Å². The third-order valence-corrected chi connectivity index (χ3v) is 7.11. The van der Waals surface area contributed by atoms with E-state index in [1.807, 2.05) is 88.6 Å². The van der Waals surface area contributed by atoms with E-state index in [0.717, 1.165) is 17.1 Å². The van der Waals surface area contributed by atoms with Crippen LogP contribution >= 0.6 is 0 Å². The van der Waals surface area contributed by atoms with Crippen molar-refractivity contribution in [2.75, 3.05) is 16.8 Å². The van der Waals surface area contributed by atoms with Crippen LogP contribution in [0.25, 0.3) is 5.82 Å². The van der Waals surface area contributed by atoms with E-state index >= 15 is 0 Å². The van der Waals surface area contributed by atoms with Gasteiger partial charge in [0.15, 0.2) is 5.78 Å². The van der Waals surface area contributed by atoms with Gasteiger partial charge in [0.25, 0.3) is 0 Å². The first kappa shape index (κ1) is 20.3. The molecule has 2 aromatic carbocycles. The smallest absolute Gasteiger partial charge is 0.247 e. The summed E-state index contributed by atoms with van der Waals surface area (Å²) in [5.74, 6) is 0.260. The normalized spacial score (nSPS) is 21.8. The van der Waals surface area contributed by atoms with Crippen LogP contribution in [-0.2, 0) is 15.0 Å². The Bertz CT molecular complexity index is 1440. The highest BCUT2D eigenvalue weighted by molar-refractivity contribution is 6.21. The average molecular weight is 447 g/mol. The third kappa shape index (κ3) is 2.44. The summed E-state index contributed by atoms with van der Waals surface area (Å²) in [7, 11) is 1.72. The zero-order valence-electron chi connectivity index (χ0n) is 18.7. The Morgan fingerprint density at radius 2 is 1.62 bits per heavy atom. The summed E-state index contributed by atoms with van der Waals surface area (Å²) in [6.07, 6.45) is 5.45. The SMILES string of the molecule is CN1C(=O)C2(C(C#N)=C(n3cccc3)N(c3ccccc3)C3=C2C(=O)CCC3)c2ccccc21. The third-order valence-electron chi connectivity index (χ3n) is 7.11. The molecule has 2 aliphatic heterocycles. The molecule has 0 fully saturated rings. The molecule has 3 aromatic rings. The van der Waals surface area contributed by atoms with Crippen molar-refractivity contribution < 1.29 is 9.59 Å². The number of amides is 1. The molecule has 0 saturated carbocycles. The first-order chi connectivity index (χ1) is 16.6. The van der Waals surface area contributed by atoms with Gasteiger partial charge in [0.05, 0.1) is 5.57 Å². The van der Waals surface area contributed by atoms with Crippen molar-refractivity contribution in [2.45, 2.75) is 24.7 Å². The number of hydrogen-bond acceptors (Lipinski definition) is 4. The Labute approximate surface area is 197 Å². The first-order valence-corrected chi connectivity index (χ1v) is 11.4. The summed E-state index contributed by atoms with van der Waals surface area (Å²) in [4.78, 5) is 31.5. The monoisotopic (exact) mass is 446 g/mol. The van der Waals surface area contributed by atoms with Crippen LogP contribution in [0.1, 0.15) is 24.8 Å². The molecule has 0 radical (unpaired) electrons. The Hall–Kier alpha value is -4.37. The molecule has 6 nitrogen and oxygen atoms in total. The number of Topliss-reactive ketones (excluding diaryl/α,β-unsaturated/α-hetero) is 1. The molecule has 3 aliphatic rings. The highest BCUT2D eigenvalue weighted by Crippen LogP contribution is 2.57. The number of carbonyl (C=O) groups is 2. The van der Waals surface area contributed by atoms with E-state index in [9.17, 15) is 14.9 Å². The quantitative estimate of drug-likeness (QED) is 0.576. The number of aromatic nitrogens is 1. The average Bonchev–Trinajstić information content (AvgIpc) is 3.48. The molecule has 1 amide bonds. The lowest BCUT2D eigenvalue weighted by Crippen LogP contribution is -2.51. The fraction of sp³-hybridized carbons (Fsp3) is 0.179. The molecule has 6 rings (SSSR count). The molecule has 1 atom stereocenters. The molecular formula is C28H22N4O2. The maximum atomic E-state index is 14.2. The van der Waals surface area contributed by atoms with Crippen molar-refractivity contribution in [1.29, 1.82) is 5.26 Å². The zero-order valence-corrected chi connectivity index (χ0v) is 18.7. The molecule has 166 valence electrons. The van der Waals surface area contributed by atoms with E-state index in [0.29, 0.717) is 36.2 Å². The Morgan fingerprint density at radius 3 is 2.35 bits per heavy atom. The van der Waals surface area contributed by atoms with Crippen LogP contribution in [0.3, 0.4) is 0 Å². The second-order valence-corrected chi connectivity index (χ2v) is 8.80. The summed E-state index contributed by atoms with van der Waals surface area (Å²) in [6, 6.07) is 23.4. The van der Waals surface area contributed by atoms with Gasteiger partial charge in [-0.05, 0) is 43.2 Å². The highest BCUT2D eigenvalue weighted by Gasteiger charge is 2.62. The molecule has 3 heterocycles. The number of allylic oxidation sites excluding steroid dienone is 1. The molecule has 1 aromatic heterocycles. The van der Waals surface area contributed by atoms with Crippen molar-refractivity contribution in [3.05, 3.63) is 102 Å². The number of benzene rings is 2. The van der Waals surface area contributed by atoms with Crippen LogP contribution in [0.5, 0.6) is 0 Å². The summed E-state index contributed by atoms with van der Waals surface area (Å²) < 4.78 is 1.88. The van der Waals surface area contributed by atoms with Crippen molar-refractivity contribution in [2.24, 2.45) is 0 Å². The summed E-state index contributed by atoms with van der Waals surface area (Å²) >= 11 is 0. The number of anilines is 2. The van der Waals surface area contributed by atoms with Crippen molar-refractivity contribution >= 4 is 28.9 Å². The van der Waals surface area contributed by atoms with E-state index in [4.69, 9.17) is 0 Å². The number of nitriles is 1. The van der Waals surface area contributed by atoms with Crippen LogP contribution in [0.15, 0.2) is 96.0 Å². The minimum atomic E-state index is -1.46. The number of hydrogen-bond donors (Lipinski definition) is 0. The molecule has 0 bridgehead atoms. The Morgan fingerprint density at radius 1 is 0.912 bits per heavy atom. The number of carbonyl (C=O) groups excluding carboxylic acids is 2. The van der Waals surface area contributed by atoms with E-state index in [2.05, 4.69) is 6.07 Å². The van der Waals surface area contributed by atoms with Gasteiger partial charge in [-0.15, -0.1) is 0 Å². The van der Waals surface area contributed by atoms with E-state index < -0.39 is 5.41 Å². The first-order valence-electron chi connectivity index (χ1n) is 11.4. The van der Waals surface area contributed by atoms with Crippen molar-refractivity contribution in [3.63, 3.8) is 0 Å². The van der Waals surface area contributed by atoms with Crippen LogP contribution < -0.4 is 9.80 Å². The van der Waals surface area contributed by atoms with Crippen molar-refractivity contribution in [1.82, 2.24) is 4.57 Å². The summed E-state index contributed by atoms with van der Waals surface area (Å²) in [5.41, 5.74) is 2.31. The number of para-hydroxylation sites is 2. The van der Waals surface area contributed by atoms with Crippen molar-refractivity contribution in [3.8, 4) is 6.07 Å². The molecule has 1 unspecified atom stereocenters. The van der Waals surface area contributed by atoms with Gasteiger partial charge in [-0.3, -0.25) is 14.5 Å². The maximum Gasteiger partial charge on any atom is 0.247 e. The van der Waals surface area contributed by atoms with Gasteiger partial charge in [0.2, 0.25) is 5.91 Å². The molecule has 34 heavy (non-hydrogen) atoms. The number of nitrogens with zero attached hydrogens (tertiary/aromatic N) is 4. The predicted octanol–water partition coefficient (Wildman–Crippen LogP) is 4.62. The van der Waals surface area contributed by atoms with Gasteiger partial charge < -0.3 is 9.47 Å². The molecule has 1 aliphatic carbocycles. The number of rotatable bonds is 2. The fourth-order valence-corrected chi connectivity index (χ4v) is 5.76. The highest BCUT2D eigenvalue weighted by atomic mass is 16.2. The topological polar surface area (TPSA) is 69.3 Å². The fourth-order valence-electron chi connectivity index (χ4n) is 5.76. The number of likely N-dealkylation sites (N-methyl/N-ethyl adjacent to an activating group) is 1. The van der Waals surface area contributed by atoms with E-state index in [-0.39, 0.29) is 17.3 Å². The summed E-state index contributed by atoms with van der Waals surface area (Å²) in [5, 5.41) is 10.7. The van der Waals surface area contributed by atoms with Gasteiger partial charge in [0.1, 0.15) is 17.3 Å². The summed E-state index contributed by atoms with van der Waals surface area (Å²) in [6.45, 7) is 0. The zero-order chi connectivity index (χ0) is 23.4. The maximum absolute atomic E-state index is 14.2. The Balaban J connectivity index is 1.80. The minimum Gasteiger partial charge on any atom is -0.314 e. The number of ketones is 1. The van der Waals surface area contributed by atoms with Gasteiger partial charge in [0, 0.05) is 54.1 Å². The second-order valence-electron chi connectivity index (χ2n) is 8.80. The molecule has 6 heteroatoms. The largest absolute Gasteiger partial charge is 0.314 e. The lowest BCUT2D eigenvalue weighted by Gasteiger charge is -2.45. The second kappa shape index (κ2) is 7.32. The van der Waals surface area contributed by atoms with E-state index in [1.165, 1.54) is 0 Å². The van der Waals surface area contributed by atoms with Gasteiger partial charge in [-0.2, -0.15) is 5.26 Å². The number of fused-ring (bicyclic) bond motifs is 3. The predicted molar refractivity (Wildman–Crippen MR) is 130 cm³/mol. The van der Waals surface area contributed by atoms with Crippen LogP contribution in [0, 0.1) is 11.3 Å². The minimum absolute atomic E-state index is 0.0695. The molecule has 1 spiro atoms. The molecule has 0 N–H and O–H groups in total. The van der Waals surface area contributed by atoms with Gasteiger partial charge in [-0.25, -0.2) is 0 Å². The lowest BCUT2D eigenvalue weighted by atomic mass is 9.63. The standard InChI is InChI=1S/C28H22N4O2/c1-30-22-13-6-5-12-20(22)28(27(30)34)21(18-29)26(31-16-7-8-17-31)32(19-10-3-2-4-11-19)23-14-9-15-24(33)25(23)28/h2-8,10-13,16-17H,9,14-15H2,1H3.